The van der Waals surface area contributed by atoms with E-state index < -0.39 is 0 Å². The SMILES string of the molecule is CCCn1cc(-c2ccnc(CC(C)CNC(=O)c3ccccc3O)c2)c(-c2ccc(F)cc2)n1. The van der Waals surface area contributed by atoms with Crippen LogP contribution >= 0.6 is 0 Å². The number of carbonyl (C=O) groups excluding carboxylic acids is 1. The second-order valence-electron chi connectivity index (χ2n) is 8.73. The van der Waals surface area contributed by atoms with E-state index in [1.807, 2.05) is 29.9 Å². The number of nitrogens with zero attached hydrogens (tertiary/aromatic N) is 3. The van der Waals surface area contributed by atoms with Crippen LogP contribution in [0.1, 0.15) is 36.3 Å². The van der Waals surface area contributed by atoms with Crippen LogP contribution in [-0.2, 0) is 13.0 Å². The predicted molar refractivity (Wildman–Crippen MR) is 134 cm³/mol. The van der Waals surface area contributed by atoms with E-state index in [1.165, 1.54) is 18.2 Å². The van der Waals surface area contributed by atoms with Crippen molar-refractivity contribution >= 4 is 5.91 Å². The lowest BCUT2D eigenvalue weighted by Crippen LogP contribution is -2.29. The number of hydrogen-bond donors (Lipinski definition) is 2. The summed E-state index contributed by atoms with van der Waals surface area (Å²) in [5, 5.41) is 17.5. The van der Waals surface area contributed by atoms with Crippen LogP contribution in [0, 0.1) is 11.7 Å². The molecule has 1 amide bonds. The van der Waals surface area contributed by atoms with E-state index >= 15 is 0 Å². The minimum absolute atomic E-state index is 0.0346. The number of aryl methyl sites for hydroxylation is 1. The van der Waals surface area contributed by atoms with Gasteiger partial charge in [-0.25, -0.2) is 4.39 Å². The zero-order chi connectivity index (χ0) is 24.8. The standard InChI is InChI=1S/C28H29FN4O2/c1-3-14-33-18-25(27(32-33)20-8-10-22(29)11-9-20)21-12-13-30-23(16-21)15-19(2)17-31-28(35)24-6-4-5-7-26(24)34/h4-13,16,18-19,34H,3,14-15,17H2,1-2H3,(H,31,35). The van der Waals surface area contributed by atoms with Crippen molar-refractivity contribution in [1.29, 1.82) is 0 Å². The Kier molecular flexibility index (Phi) is 7.55. The van der Waals surface area contributed by atoms with Gasteiger partial charge >= 0.3 is 0 Å². The average molecular weight is 473 g/mol. The van der Waals surface area contributed by atoms with Crippen LogP contribution in [0.25, 0.3) is 22.4 Å². The predicted octanol–water partition coefficient (Wildman–Crippen LogP) is 5.48. The maximum absolute atomic E-state index is 13.5. The van der Waals surface area contributed by atoms with E-state index in [1.54, 1.807) is 36.5 Å². The maximum Gasteiger partial charge on any atom is 0.255 e. The fraction of sp³-hybridized carbons (Fsp3) is 0.250. The third-order valence-electron chi connectivity index (χ3n) is 5.78. The Labute approximate surface area is 204 Å². The molecule has 0 spiro atoms. The summed E-state index contributed by atoms with van der Waals surface area (Å²) in [4.78, 5) is 16.9. The molecule has 6 nitrogen and oxygen atoms in total. The highest BCUT2D eigenvalue weighted by molar-refractivity contribution is 5.96. The van der Waals surface area contributed by atoms with Crippen LogP contribution in [0.3, 0.4) is 0 Å². The Morgan fingerprint density at radius 3 is 2.63 bits per heavy atom. The van der Waals surface area contributed by atoms with Gasteiger partial charge in [0, 0.05) is 42.3 Å². The first kappa shape index (κ1) is 24.1. The van der Waals surface area contributed by atoms with Crippen molar-refractivity contribution in [2.75, 3.05) is 6.54 Å². The summed E-state index contributed by atoms with van der Waals surface area (Å²) in [5.74, 6) is -0.485. The number of halogens is 1. The molecule has 35 heavy (non-hydrogen) atoms. The number of nitrogens with one attached hydrogen (secondary N) is 1. The summed E-state index contributed by atoms with van der Waals surface area (Å²) >= 11 is 0. The first-order valence-corrected chi connectivity index (χ1v) is 11.8. The fourth-order valence-corrected chi connectivity index (χ4v) is 4.01. The van der Waals surface area contributed by atoms with Gasteiger partial charge in [0.25, 0.3) is 5.91 Å². The number of carbonyl (C=O) groups is 1. The number of para-hydroxylation sites is 1. The molecule has 0 bridgehead atoms. The third kappa shape index (κ3) is 5.93. The van der Waals surface area contributed by atoms with E-state index in [0.29, 0.717) is 13.0 Å². The molecule has 4 rings (SSSR count). The number of pyridine rings is 1. The number of rotatable bonds is 9. The number of aromatic nitrogens is 3. The molecule has 2 heterocycles. The van der Waals surface area contributed by atoms with Crippen molar-refractivity contribution < 1.29 is 14.3 Å². The Hall–Kier alpha value is -4.00. The Balaban J connectivity index is 1.50. The molecule has 2 aromatic carbocycles. The molecule has 1 atom stereocenters. The van der Waals surface area contributed by atoms with Gasteiger partial charge in [-0.15, -0.1) is 0 Å². The first-order chi connectivity index (χ1) is 16.9. The van der Waals surface area contributed by atoms with Crippen molar-refractivity contribution in [2.45, 2.75) is 33.2 Å². The minimum atomic E-state index is -0.302. The number of phenols is 1. The van der Waals surface area contributed by atoms with Crippen LogP contribution in [0.5, 0.6) is 5.75 Å². The van der Waals surface area contributed by atoms with Crippen molar-refractivity contribution in [3.8, 4) is 28.1 Å². The molecule has 2 aromatic heterocycles. The quantitative estimate of drug-likeness (QED) is 0.338. The summed E-state index contributed by atoms with van der Waals surface area (Å²) in [6.45, 7) is 5.39. The van der Waals surface area contributed by atoms with Crippen molar-refractivity contribution in [3.63, 3.8) is 0 Å². The van der Waals surface area contributed by atoms with Gasteiger partial charge in [0.05, 0.1) is 5.56 Å². The molecule has 180 valence electrons. The number of amides is 1. The van der Waals surface area contributed by atoms with Crippen molar-refractivity contribution in [3.05, 3.63) is 90.1 Å². The van der Waals surface area contributed by atoms with Gasteiger partial charge in [0.15, 0.2) is 0 Å². The first-order valence-electron chi connectivity index (χ1n) is 11.8. The van der Waals surface area contributed by atoms with Crippen molar-refractivity contribution in [2.24, 2.45) is 5.92 Å². The van der Waals surface area contributed by atoms with Crippen LogP contribution in [0.15, 0.2) is 73.1 Å². The molecule has 0 radical (unpaired) electrons. The van der Waals surface area contributed by atoms with Crippen LogP contribution in [0.4, 0.5) is 4.39 Å². The Bertz CT molecular complexity index is 1300. The molecule has 0 aliphatic carbocycles. The van der Waals surface area contributed by atoms with Crippen LogP contribution < -0.4 is 5.32 Å². The van der Waals surface area contributed by atoms with Gasteiger partial charge in [0.2, 0.25) is 0 Å². The highest BCUT2D eigenvalue weighted by Gasteiger charge is 2.16. The van der Waals surface area contributed by atoms with Crippen LogP contribution in [-0.4, -0.2) is 32.3 Å². The third-order valence-corrected chi connectivity index (χ3v) is 5.78. The molecule has 0 fully saturated rings. The average Bonchev–Trinajstić information content (AvgIpc) is 3.28. The Morgan fingerprint density at radius 1 is 1.11 bits per heavy atom. The number of aromatic hydroxyl groups is 1. The molecule has 2 N–H and O–H groups in total. The van der Waals surface area contributed by atoms with Gasteiger partial charge in [-0.3, -0.25) is 14.5 Å². The second-order valence-corrected chi connectivity index (χ2v) is 8.73. The molecule has 7 heteroatoms. The van der Waals surface area contributed by atoms with Gasteiger partial charge < -0.3 is 10.4 Å². The summed E-state index contributed by atoms with van der Waals surface area (Å²) in [6, 6.07) is 16.9. The van der Waals surface area contributed by atoms with Crippen molar-refractivity contribution in [1.82, 2.24) is 20.1 Å². The topological polar surface area (TPSA) is 80.0 Å². The summed E-state index contributed by atoms with van der Waals surface area (Å²) < 4.78 is 15.4. The van der Waals surface area contributed by atoms with E-state index in [9.17, 15) is 14.3 Å². The number of hydrogen-bond acceptors (Lipinski definition) is 4. The smallest absolute Gasteiger partial charge is 0.255 e. The number of benzene rings is 2. The largest absolute Gasteiger partial charge is 0.507 e. The van der Waals surface area contributed by atoms with Gasteiger partial charge in [-0.1, -0.05) is 26.0 Å². The maximum atomic E-state index is 13.5. The molecular formula is C28H29FN4O2. The normalized spacial score (nSPS) is 11.9. The Morgan fingerprint density at radius 2 is 1.89 bits per heavy atom. The monoisotopic (exact) mass is 472 g/mol. The number of phenolic OH excluding ortho intramolecular Hbond substituents is 1. The fourth-order valence-electron chi connectivity index (χ4n) is 4.01. The zero-order valence-electron chi connectivity index (χ0n) is 19.9. The summed E-state index contributed by atoms with van der Waals surface area (Å²) in [6.07, 6.45) is 5.43. The van der Waals surface area contributed by atoms with E-state index in [-0.39, 0.29) is 29.0 Å². The molecule has 1 unspecified atom stereocenters. The molecule has 0 aliphatic heterocycles. The van der Waals surface area contributed by atoms with Gasteiger partial charge in [-0.05, 0) is 72.9 Å². The molecule has 0 saturated heterocycles. The summed E-state index contributed by atoms with van der Waals surface area (Å²) in [7, 11) is 0. The highest BCUT2D eigenvalue weighted by atomic mass is 19.1. The molecular weight excluding hydrogens is 443 g/mol. The summed E-state index contributed by atoms with van der Waals surface area (Å²) in [5.41, 5.74) is 4.78. The van der Waals surface area contributed by atoms with Crippen LogP contribution in [0.2, 0.25) is 0 Å². The molecule has 4 aromatic rings. The highest BCUT2D eigenvalue weighted by Crippen LogP contribution is 2.31. The van der Waals surface area contributed by atoms with E-state index in [0.717, 1.165) is 41.0 Å². The van der Waals surface area contributed by atoms with Gasteiger partial charge in [-0.2, -0.15) is 5.10 Å². The minimum Gasteiger partial charge on any atom is -0.507 e. The molecule has 0 aliphatic rings. The lowest BCUT2D eigenvalue weighted by molar-refractivity contribution is 0.0945. The van der Waals surface area contributed by atoms with E-state index in [2.05, 4.69) is 17.2 Å². The molecule has 0 saturated carbocycles. The lowest BCUT2D eigenvalue weighted by Gasteiger charge is -2.13. The lowest BCUT2D eigenvalue weighted by atomic mass is 9.99. The van der Waals surface area contributed by atoms with Gasteiger partial charge in [0.1, 0.15) is 17.3 Å². The second kappa shape index (κ2) is 11.0. The van der Waals surface area contributed by atoms with E-state index in [4.69, 9.17) is 5.10 Å². The zero-order valence-corrected chi connectivity index (χ0v) is 19.9.